The molecule has 4 rings (SSSR count). The highest BCUT2D eigenvalue weighted by Crippen LogP contribution is 2.35. The van der Waals surface area contributed by atoms with Gasteiger partial charge in [-0.05, 0) is 23.8 Å². The first-order valence-electron chi connectivity index (χ1n) is 7.80. The molecular weight excluding hydrogens is 340 g/mol. The molecule has 0 bridgehead atoms. The molecule has 0 saturated heterocycles. The Morgan fingerprint density at radius 3 is 3.04 bits per heavy atom. The van der Waals surface area contributed by atoms with Crippen molar-refractivity contribution in [2.75, 3.05) is 6.79 Å². The van der Waals surface area contributed by atoms with Gasteiger partial charge in [0.1, 0.15) is 5.75 Å². The maximum absolute atomic E-state index is 12.0. The quantitative estimate of drug-likeness (QED) is 0.712. The zero-order valence-electron chi connectivity index (χ0n) is 13.5. The minimum Gasteiger partial charge on any atom is -0.485 e. The van der Waals surface area contributed by atoms with Crippen LogP contribution in [0.5, 0.6) is 17.2 Å². The summed E-state index contributed by atoms with van der Waals surface area (Å²) in [6, 6.07) is 8.86. The molecule has 132 valence electrons. The van der Waals surface area contributed by atoms with Gasteiger partial charge in [0.2, 0.25) is 12.6 Å². The van der Waals surface area contributed by atoms with Gasteiger partial charge in [0.25, 0.3) is 0 Å². The normalized spacial score (nSPS) is 12.0. The van der Waals surface area contributed by atoms with Crippen molar-refractivity contribution in [3.63, 3.8) is 0 Å². The summed E-state index contributed by atoms with van der Waals surface area (Å²) in [5, 5.41) is 6.42. The summed E-state index contributed by atoms with van der Waals surface area (Å²) in [4.78, 5) is 20.0. The number of fused-ring (bicyclic) bond motifs is 1. The first kappa shape index (κ1) is 15.9. The third kappa shape index (κ3) is 3.56. The topological polar surface area (TPSA) is 109 Å². The molecule has 9 nitrogen and oxygen atoms in total. The van der Waals surface area contributed by atoms with Crippen molar-refractivity contribution < 1.29 is 23.5 Å². The van der Waals surface area contributed by atoms with E-state index in [0.29, 0.717) is 23.8 Å². The van der Waals surface area contributed by atoms with Crippen LogP contribution in [0.3, 0.4) is 0 Å². The van der Waals surface area contributed by atoms with Crippen LogP contribution in [0.1, 0.15) is 22.1 Å². The minimum atomic E-state index is -0.462. The van der Waals surface area contributed by atoms with E-state index in [1.807, 2.05) is 6.07 Å². The molecule has 0 unspecified atom stereocenters. The summed E-state index contributed by atoms with van der Waals surface area (Å²) in [6.07, 6.45) is 3.33. The molecule has 0 fully saturated rings. The van der Waals surface area contributed by atoms with Crippen LogP contribution in [0.15, 0.2) is 47.2 Å². The lowest BCUT2D eigenvalue weighted by Crippen LogP contribution is -2.23. The molecule has 0 radical (unpaired) electrons. The molecule has 1 N–H and O–H groups in total. The lowest BCUT2D eigenvalue weighted by molar-refractivity contribution is 0.0907. The number of benzene rings is 1. The lowest BCUT2D eigenvalue weighted by Gasteiger charge is -2.04. The predicted octanol–water partition coefficient (Wildman–Crippen LogP) is 1.70. The van der Waals surface area contributed by atoms with Crippen LogP contribution in [0, 0.1) is 0 Å². The number of amides is 1. The zero-order valence-corrected chi connectivity index (χ0v) is 13.5. The number of hydrogen-bond donors (Lipinski definition) is 1. The van der Waals surface area contributed by atoms with Crippen LogP contribution in [0.4, 0.5) is 0 Å². The van der Waals surface area contributed by atoms with Crippen LogP contribution in [0.25, 0.3) is 0 Å². The van der Waals surface area contributed by atoms with E-state index in [0.717, 1.165) is 5.56 Å². The number of aromatic nitrogens is 3. The van der Waals surface area contributed by atoms with E-state index in [1.54, 1.807) is 36.7 Å². The van der Waals surface area contributed by atoms with Gasteiger partial charge in [-0.15, -0.1) is 0 Å². The van der Waals surface area contributed by atoms with Gasteiger partial charge in [-0.1, -0.05) is 11.2 Å². The Hall–Kier alpha value is -3.62. The molecule has 0 saturated carbocycles. The Kier molecular flexibility index (Phi) is 4.33. The van der Waals surface area contributed by atoms with Crippen LogP contribution >= 0.6 is 0 Å². The Bertz CT molecular complexity index is 913. The van der Waals surface area contributed by atoms with E-state index >= 15 is 0 Å². The monoisotopic (exact) mass is 354 g/mol. The highest BCUT2D eigenvalue weighted by molar-refractivity contribution is 5.89. The van der Waals surface area contributed by atoms with Gasteiger partial charge in [0, 0.05) is 25.0 Å². The van der Waals surface area contributed by atoms with Crippen molar-refractivity contribution >= 4 is 5.91 Å². The van der Waals surface area contributed by atoms with Crippen molar-refractivity contribution in [2.24, 2.45) is 0 Å². The lowest BCUT2D eigenvalue weighted by atomic mass is 10.3. The van der Waals surface area contributed by atoms with E-state index in [-0.39, 0.29) is 25.1 Å². The number of pyridine rings is 1. The molecule has 1 aliphatic heterocycles. The molecule has 3 heterocycles. The van der Waals surface area contributed by atoms with Crippen LogP contribution in [0.2, 0.25) is 0 Å². The molecule has 9 heteroatoms. The fraction of sp³-hybridized carbons (Fsp3) is 0.176. The predicted molar refractivity (Wildman–Crippen MR) is 86.6 cm³/mol. The maximum Gasteiger partial charge on any atom is 0.316 e. The Morgan fingerprint density at radius 1 is 1.23 bits per heavy atom. The van der Waals surface area contributed by atoms with Gasteiger partial charge in [-0.25, -0.2) is 0 Å². The van der Waals surface area contributed by atoms with Gasteiger partial charge < -0.3 is 24.1 Å². The minimum absolute atomic E-state index is 0.0546. The highest BCUT2D eigenvalue weighted by atomic mass is 16.7. The van der Waals surface area contributed by atoms with Crippen molar-refractivity contribution in [1.82, 2.24) is 20.4 Å². The second-order valence-corrected chi connectivity index (χ2v) is 5.36. The van der Waals surface area contributed by atoms with E-state index in [2.05, 4.69) is 20.4 Å². The molecule has 0 atom stereocenters. The number of hydrogen-bond acceptors (Lipinski definition) is 8. The van der Waals surface area contributed by atoms with Crippen LogP contribution in [-0.4, -0.2) is 27.8 Å². The average Bonchev–Trinajstić information content (AvgIpc) is 3.34. The molecule has 3 aromatic rings. The van der Waals surface area contributed by atoms with Gasteiger partial charge >= 0.3 is 11.8 Å². The third-order valence-electron chi connectivity index (χ3n) is 3.55. The first-order valence-corrected chi connectivity index (χ1v) is 7.80. The van der Waals surface area contributed by atoms with Gasteiger partial charge in [-0.2, -0.15) is 4.98 Å². The average molecular weight is 354 g/mol. The first-order chi connectivity index (χ1) is 12.8. The number of carbonyl (C=O) groups excluding carboxylic acids is 1. The van der Waals surface area contributed by atoms with Crippen molar-refractivity contribution in [3.05, 3.63) is 60.0 Å². The fourth-order valence-corrected chi connectivity index (χ4v) is 2.28. The standard InChI is InChI=1S/C17H14N4O5/c22-16(19-8-11-2-1-5-18-7-11)17-20-15(21-26-17)9-23-12-3-4-13-14(6-12)25-10-24-13/h1-7H,8-10H2,(H,19,22). The Labute approximate surface area is 147 Å². The largest absolute Gasteiger partial charge is 0.485 e. The second-order valence-electron chi connectivity index (χ2n) is 5.36. The van der Waals surface area contributed by atoms with Gasteiger partial charge in [0.15, 0.2) is 18.1 Å². The van der Waals surface area contributed by atoms with Crippen molar-refractivity contribution in [1.29, 1.82) is 0 Å². The molecule has 0 spiro atoms. The molecular formula is C17H14N4O5. The van der Waals surface area contributed by atoms with E-state index < -0.39 is 5.91 Å². The number of carbonyl (C=O) groups is 1. The number of nitrogens with zero attached hydrogens (tertiary/aromatic N) is 3. The van der Waals surface area contributed by atoms with E-state index in [4.69, 9.17) is 18.7 Å². The van der Waals surface area contributed by atoms with Crippen LogP contribution in [-0.2, 0) is 13.2 Å². The molecule has 2 aromatic heterocycles. The summed E-state index contributed by atoms with van der Waals surface area (Å²) in [5.41, 5.74) is 0.867. The molecule has 1 aromatic carbocycles. The smallest absolute Gasteiger partial charge is 0.316 e. The molecule has 1 aliphatic rings. The molecule has 0 aliphatic carbocycles. The van der Waals surface area contributed by atoms with E-state index in [9.17, 15) is 4.79 Å². The summed E-state index contributed by atoms with van der Waals surface area (Å²) in [7, 11) is 0. The second kappa shape index (κ2) is 7.09. The maximum atomic E-state index is 12.0. The van der Waals surface area contributed by atoms with Gasteiger partial charge in [0.05, 0.1) is 0 Å². The highest BCUT2D eigenvalue weighted by Gasteiger charge is 2.17. The SMILES string of the molecule is O=C(NCc1cccnc1)c1nc(COc2ccc3c(c2)OCO3)no1. The summed E-state index contributed by atoms with van der Waals surface area (Å²) < 4.78 is 21.1. The third-order valence-corrected chi connectivity index (χ3v) is 3.55. The molecule has 26 heavy (non-hydrogen) atoms. The zero-order chi connectivity index (χ0) is 17.8. The number of rotatable bonds is 6. The summed E-state index contributed by atoms with van der Waals surface area (Å²) in [5.74, 6) is 1.53. The van der Waals surface area contributed by atoms with Gasteiger partial charge in [-0.3, -0.25) is 9.78 Å². The molecule has 1 amide bonds. The summed E-state index contributed by atoms with van der Waals surface area (Å²) in [6.45, 7) is 0.568. The number of nitrogens with one attached hydrogen (secondary N) is 1. The Morgan fingerprint density at radius 2 is 2.15 bits per heavy atom. The summed E-state index contributed by atoms with van der Waals surface area (Å²) >= 11 is 0. The fourth-order valence-electron chi connectivity index (χ4n) is 2.28. The van der Waals surface area contributed by atoms with Crippen LogP contribution < -0.4 is 19.5 Å². The van der Waals surface area contributed by atoms with E-state index in [1.165, 1.54) is 0 Å². The van der Waals surface area contributed by atoms with Crippen molar-refractivity contribution in [3.8, 4) is 17.2 Å². The number of ether oxygens (including phenoxy) is 3. The Balaban J connectivity index is 1.32. The van der Waals surface area contributed by atoms with Crippen molar-refractivity contribution in [2.45, 2.75) is 13.2 Å².